The van der Waals surface area contributed by atoms with Crippen LogP contribution in [0, 0.1) is 27.7 Å². The third kappa shape index (κ3) is 12.0. The number of rotatable bonds is 10. The summed E-state index contributed by atoms with van der Waals surface area (Å²) in [7, 11) is 12.2. The van der Waals surface area contributed by atoms with Gasteiger partial charge in [-0.2, -0.15) is 0 Å². The Bertz CT molecular complexity index is 2220. The van der Waals surface area contributed by atoms with E-state index < -0.39 is 12.2 Å². The van der Waals surface area contributed by atoms with Gasteiger partial charge in [0.1, 0.15) is 50.0 Å². The molecule has 0 fully saturated rings. The fourth-order valence-electron chi connectivity index (χ4n) is 6.36. The minimum atomic E-state index is -0.559. The van der Waals surface area contributed by atoms with Crippen LogP contribution in [-0.4, -0.2) is 100.0 Å². The van der Waals surface area contributed by atoms with Gasteiger partial charge in [0.25, 0.3) is 0 Å². The van der Waals surface area contributed by atoms with E-state index in [0.717, 1.165) is 51.8 Å². The van der Waals surface area contributed by atoms with Crippen molar-refractivity contribution in [2.45, 2.75) is 54.8 Å². The third-order valence-corrected chi connectivity index (χ3v) is 11.8. The normalized spacial score (nSPS) is 12.4. The van der Waals surface area contributed by atoms with Gasteiger partial charge in [0.15, 0.2) is 10.9 Å². The number of fused-ring (bicyclic) bond motifs is 4. The maximum absolute atomic E-state index is 12.9. The van der Waals surface area contributed by atoms with Crippen LogP contribution in [0.5, 0.6) is 11.5 Å². The Morgan fingerprint density at radius 1 is 0.571 bits per heavy atom. The molecule has 0 amide bonds. The number of aliphatic hydroxyl groups excluding tert-OH is 2. The van der Waals surface area contributed by atoms with Crippen molar-refractivity contribution in [1.82, 2.24) is 0 Å². The molecule has 0 bridgehead atoms. The molecule has 2 N–H and O–H groups in total. The number of ether oxygens (including phenoxy) is 2. The predicted molar refractivity (Wildman–Crippen MR) is 232 cm³/mol. The predicted octanol–water partition coefficient (Wildman–Crippen LogP) is 5.23. The van der Waals surface area contributed by atoms with Crippen molar-refractivity contribution in [3.05, 3.63) is 103 Å². The summed E-state index contributed by atoms with van der Waals surface area (Å²) in [6.07, 6.45) is -1.12. The van der Waals surface area contributed by atoms with Crippen molar-refractivity contribution in [1.29, 1.82) is 0 Å². The van der Waals surface area contributed by atoms with E-state index in [9.17, 15) is 19.8 Å². The van der Waals surface area contributed by atoms with E-state index in [-0.39, 0.29) is 69.9 Å². The third-order valence-electron chi connectivity index (χ3n) is 9.14. The van der Waals surface area contributed by atoms with Crippen LogP contribution in [0.4, 0.5) is 0 Å². The molecule has 0 aliphatic rings. The average molecular weight is 864 g/mol. The number of aliphatic hydroxyl groups is 2. The minimum absolute atomic E-state index is 0. The number of halogens is 1. The molecule has 6 aromatic rings. The molecule has 4 aromatic carbocycles. The van der Waals surface area contributed by atoms with Gasteiger partial charge in [-0.25, -0.2) is 0 Å². The summed E-state index contributed by atoms with van der Waals surface area (Å²) < 4.78 is 17.2. The zero-order valence-electron chi connectivity index (χ0n) is 32.8. The number of hydrogen-bond acceptors (Lipinski definition) is 8. The van der Waals surface area contributed by atoms with E-state index in [1.165, 1.54) is 0 Å². The van der Waals surface area contributed by atoms with Gasteiger partial charge in [0.05, 0.1) is 42.3 Å². The Morgan fingerprint density at radius 2 is 0.893 bits per heavy atom. The van der Waals surface area contributed by atoms with Crippen LogP contribution in [0.25, 0.3) is 40.3 Å². The number of hydrogen-bond donors (Lipinski definition) is 2. The molecule has 56 heavy (non-hydrogen) atoms. The molecule has 1 radical (unpaired) electrons. The largest absolute Gasteiger partial charge is 1.00 e. The maximum atomic E-state index is 12.9. The van der Waals surface area contributed by atoms with E-state index in [1.807, 2.05) is 131 Å². The summed E-state index contributed by atoms with van der Waals surface area (Å²) in [6.45, 7) is 9.69. The van der Waals surface area contributed by atoms with Crippen LogP contribution >= 0.6 is 22.7 Å². The Morgan fingerprint density at radius 3 is 1.21 bits per heavy atom. The molecule has 6 rings (SSSR count). The van der Waals surface area contributed by atoms with Gasteiger partial charge in [-0.3, -0.25) is 9.59 Å². The molecule has 2 aromatic heterocycles. The molecule has 0 aliphatic heterocycles. The first-order valence-electron chi connectivity index (χ1n) is 17.5. The van der Waals surface area contributed by atoms with Gasteiger partial charge >= 0.3 is 0 Å². The van der Waals surface area contributed by atoms with Crippen LogP contribution in [0.15, 0.2) is 70.3 Å². The zero-order valence-corrected chi connectivity index (χ0v) is 36.6. The Balaban J connectivity index is 0.000000523. The molecule has 0 aliphatic carbocycles. The second kappa shape index (κ2) is 20.6. The molecular weight excluding hydrogens is 803 g/mol. The summed E-state index contributed by atoms with van der Waals surface area (Å²) in [5.41, 5.74) is 4.23. The second-order valence-electron chi connectivity index (χ2n) is 15.7. The first-order valence-corrected chi connectivity index (χ1v) is 19.1. The van der Waals surface area contributed by atoms with Gasteiger partial charge < -0.3 is 41.1 Å². The summed E-state index contributed by atoms with van der Waals surface area (Å²) in [5.74, 6) is 1.35. The SMILES string of the molecule is C.C.Cc1c(OCC(O)C[N+](C)(C)C)cc2c(=O)c3ccccc3sc2c1C.Cc1c(OCC(O)C[N+](C)(C)C)cc2c(=O)c3ccccc3sc2c1C.[Cl-].[V]. The van der Waals surface area contributed by atoms with Gasteiger partial charge in [0.2, 0.25) is 0 Å². The fraction of sp³-hybridized carbons (Fsp3) is 0.409. The molecule has 0 saturated carbocycles. The van der Waals surface area contributed by atoms with Crippen LogP contribution in [0.1, 0.15) is 37.1 Å². The van der Waals surface area contributed by atoms with E-state index in [4.69, 9.17) is 9.47 Å². The van der Waals surface area contributed by atoms with Gasteiger partial charge in [-0.15, -0.1) is 22.7 Å². The monoisotopic (exact) mass is 862 g/mol. The maximum Gasteiger partial charge on any atom is 0.196 e. The molecule has 2 atom stereocenters. The van der Waals surface area contributed by atoms with E-state index >= 15 is 0 Å². The van der Waals surface area contributed by atoms with Crippen LogP contribution in [0.2, 0.25) is 0 Å². The first kappa shape index (κ1) is 51.0. The fourth-order valence-corrected chi connectivity index (χ4v) is 8.77. The minimum Gasteiger partial charge on any atom is -1.00 e. The molecule has 2 heterocycles. The van der Waals surface area contributed by atoms with Crippen molar-refractivity contribution in [3.63, 3.8) is 0 Å². The van der Waals surface area contributed by atoms with Crippen molar-refractivity contribution >= 4 is 63.0 Å². The van der Waals surface area contributed by atoms with E-state index in [0.29, 0.717) is 44.3 Å². The topological polar surface area (TPSA) is 93.1 Å². The molecule has 12 heteroatoms. The Hall–Kier alpha value is -3.03. The second-order valence-corrected chi connectivity index (χ2v) is 17.8. The molecule has 8 nitrogen and oxygen atoms in total. The Labute approximate surface area is 358 Å². The van der Waals surface area contributed by atoms with Gasteiger partial charge in [-0.1, -0.05) is 39.1 Å². The average Bonchev–Trinajstić information content (AvgIpc) is 3.06. The molecule has 2 unspecified atom stereocenters. The van der Waals surface area contributed by atoms with Crippen molar-refractivity contribution in [2.75, 3.05) is 68.6 Å². The summed E-state index contributed by atoms with van der Waals surface area (Å²) in [4.78, 5) is 25.9. The van der Waals surface area contributed by atoms with Crippen LogP contribution in [-0.2, 0) is 18.6 Å². The summed E-state index contributed by atoms with van der Waals surface area (Å²) >= 11 is 3.28. The number of benzene rings is 4. The van der Waals surface area contributed by atoms with Gasteiger partial charge in [0, 0.05) is 58.9 Å². The standard InChI is InChI=1S/2C21H26NO3S.2CH4.ClH.V/c2*1-13-14(2)21-17(20(24)16-8-6-7-9-19(16)26-21)10-18(13)25-12-15(23)11-22(3,4)5;;;;/h2*6-10,15,23H,11-12H2,1-5H3;2*1H4;1H;/q2*+1;;;;/p-1. The number of quaternary nitrogens is 2. The molecule has 305 valence electrons. The van der Waals surface area contributed by atoms with E-state index in [2.05, 4.69) is 0 Å². The van der Waals surface area contributed by atoms with E-state index in [1.54, 1.807) is 22.7 Å². The van der Waals surface area contributed by atoms with Crippen molar-refractivity contribution in [3.8, 4) is 11.5 Å². The van der Waals surface area contributed by atoms with Gasteiger partial charge in [-0.05, 0) is 86.3 Å². The molecule has 0 spiro atoms. The number of nitrogens with zero attached hydrogens (tertiary/aromatic N) is 2. The van der Waals surface area contributed by atoms with Crippen LogP contribution in [0.3, 0.4) is 0 Å². The van der Waals surface area contributed by atoms with Crippen molar-refractivity contribution < 1.29 is 59.6 Å². The van der Waals surface area contributed by atoms with Crippen LogP contribution < -0.4 is 32.7 Å². The molecule has 0 saturated heterocycles. The molecular formula is C44H60ClN2O6S2V+. The first-order chi connectivity index (χ1) is 24.3. The van der Waals surface area contributed by atoms with Crippen molar-refractivity contribution in [2.24, 2.45) is 0 Å². The summed E-state index contributed by atoms with van der Waals surface area (Å²) in [6, 6.07) is 19.1. The zero-order chi connectivity index (χ0) is 38.1. The Kier molecular flexibility index (Phi) is 18.8. The number of aryl methyl sites for hydroxylation is 2. The smallest absolute Gasteiger partial charge is 0.196 e. The number of likely N-dealkylation sites (N-methyl/N-ethyl adjacent to an activating group) is 2. The quantitative estimate of drug-likeness (QED) is 0.145. The summed E-state index contributed by atoms with van der Waals surface area (Å²) in [5, 5.41) is 23.3.